The maximum atomic E-state index is 5.67. The second-order valence-corrected chi connectivity index (χ2v) is 2.78. The van der Waals surface area contributed by atoms with E-state index >= 15 is 0 Å². The van der Waals surface area contributed by atoms with Crippen molar-refractivity contribution in [2.24, 2.45) is 0 Å². The van der Waals surface area contributed by atoms with Gasteiger partial charge < -0.3 is 14.9 Å². The quantitative estimate of drug-likeness (QED) is 0.716. The van der Waals surface area contributed by atoms with Crippen LogP contribution in [0.15, 0.2) is 28.9 Å². The summed E-state index contributed by atoms with van der Waals surface area (Å²) in [5.74, 6) is 0.784. The summed E-state index contributed by atoms with van der Waals surface area (Å²) in [5, 5.41) is 0.969. The van der Waals surface area contributed by atoms with Crippen LogP contribution in [0.2, 0.25) is 0 Å². The number of hydrogen-bond acceptors (Lipinski definition) is 3. The minimum absolute atomic E-state index is 0.629. The van der Waals surface area contributed by atoms with Gasteiger partial charge in [-0.3, -0.25) is 0 Å². The standard InChI is InChI=1S/C10H11NO2/c1-2-12-9-5-7(11)6-10-8(9)3-4-13-10/h3-6H,2,11H2,1H3. The lowest BCUT2D eigenvalue weighted by Crippen LogP contribution is -1.93. The number of fused-ring (bicyclic) bond motifs is 1. The van der Waals surface area contributed by atoms with Gasteiger partial charge in [0.15, 0.2) is 0 Å². The Hall–Kier alpha value is -1.64. The van der Waals surface area contributed by atoms with Crippen LogP contribution < -0.4 is 10.5 Å². The summed E-state index contributed by atoms with van der Waals surface area (Å²) in [5.41, 5.74) is 7.10. The molecule has 13 heavy (non-hydrogen) atoms. The molecular formula is C10H11NO2. The molecule has 1 aromatic carbocycles. The number of furan rings is 1. The largest absolute Gasteiger partial charge is 0.493 e. The molecule has 0 saturated heterocycles. The molecule has 0 fully saturated rings. The van der Waals surface area contributed by atoms with Gasteiger partial charge in [-0.05, 0) is 13.0 Å². The Labute approximate surface area is 76.1 Å². The fourth-order valence-electron chi connectivity index (χ4n) is 1.33. The summed E-state index contributed by atoms with van der Waals surface area (Å²) in [6.45, 7) is 2.57. The van der Waals surface area contributed by atoms with Crippen molar-refractivity contribution in [3.05, 3.63) is 24.5 Å². The lowest BCUT2D eigenvalue weighted by molar-refractivity contribution is 0.344. The Morgan fingerprint density at radius 1 is 1.46 bits per heavy atom. The second kappa shape index (κ2) is 3.01. The first kappa shape index (κ1) is 7.98. The molecule has 0 aliphatic rings. The van der Waals surface area contributed by atoms with Crippen LogP contribution in [-0.2, 0) is 0 Å². The average Bonchev–Trinajstić information content (AvgIpc) is 2.52. The third-order valence-electron chi connectivity index (χ3n) is 1.86. The lowest BCUT2D eigenvalue weighted by atomic mass is 10.2. The molecule has 0 saturated carbocycles. The molecule has 1 heterocycles. The third-order valence-corrected chi connectivity index (χ3v) is 1.86. The van der Waals surface area contributed by atoms with E-state index < -0.39 is 0 Å². The number of ether oxygens (including phenoxy) is 1. The highest BCUT2D eigenvalue weighted by Gasteiger charge is 2.05. The average molecular weight is 177 g/mol. The fraction of sp³-hybridized carbons (Fsp3) is 0.200. The third kappa shape index (κ3) is 1.33. The molecule has 3 nitrogen and oxygen atoms in total. The molecule has 0 amide bonds. The summed E-state index contributed by atoms with van der Waals surface area (Å²) < 4.78 is 10.6. The van der Waals surface area contributed by atoms with Crippen LogP contribution in [0.4, 0.5) is 5.69 Å². The van der Waals surface area contributed by atoms with E-state index in [2.05, 4.69) is 0 Å². The zero-order valence-corrected chi connectivity index (χ0v) is 7.41. The van der Waals surface area contributed by atoms with E-state index in [1.165, 1.54) is 0 Å². The summed E-state index contributed by atoms with van der Waals surface area (Å²) in [6.07, 6.45) is 1.63. The van der Waals surface area contributed by atoms with E-state index in [4.69, 9.17) is 14.9 Å². The van der Waals surface area contributed by atoms with Crippen molar-refractivity contribution in [1.29, 1.82) is 0 Å². The number of nitrogen functional groups attached to an aromatic ring is 1. The Balaban J connectivity index is 2.63. The molecule has 0 bridgehead atoms. The van der Waals surface area contributed by atoms with Crippen LogP contribution in [0.1, 0.15) is 6.92 Å². The van der Waals surface area contributed by atoms with Gasteiger partial charge in [-0.2, -0.15) is 0 Å². The molecule has 2 rings (SSSR count). The van der Waals surface area contributed by atoms with Gasteiger partial charge in [-0.1, -0.05) is 0 Å². The van der Waals surface area contributed by atoms with Crippen LogP contribution in [0.25, 0.3) is 11.0 Å². The summed E-state index contributed by atoms with van der Waals surface area (Å²) >= 11 is 0. The number of anilines is 1. The predicted octanol–water partition coefficient (Wildman–Crippen LogP) is 2.41. The highest BCUT2D eigenvalue weighted by atomic mass is 16.5. The molecule has 0 radical (unpaired) electrons. The molecule has 3 heteroatoms. The van der Waals surface area contributed by atoms with Crippen molar-refractivity contribution in [3.63, 3.8) is 0 Å². The predicted molar refractivity (Wildman–Crippen MR) is 51.8 cm³/mol. The minimum Gasteiger partial charge on any atom is -0.493 e. The molecular weight excluding hydrogens is 166 g/mol. The van der Waals surface area contributed by atoms with E-state index in [1.54, 1.807) is 18.4 Å². The first-order chi connectivity index (χ1) is 6.31. The first-order valence-electron chi connectivity index (χ1n) is 4.21. The zero-order valence-electron chi connectivity index (χ0n) is 7.41. The summed E-state index contributed by atoms with van der Waals surface area (Å²) in [7, 11) is 0. The highest BCUT2D eigenvalue weighted by molar-refractivity contribution is 5.87. The maximum absolute atomic E-state index is 5.67. The fourth-order valence-corrected chi connectivity index (χ4v) is 1.33. The normalized spacial score (nSPS) is 10.5. The van der Waals surface area contributed by atoms with E-state index in [0.717, 1.165) is 16.7 Å². The Morgan fingerprint density at radius 3 is 3.08 bits per heavy atom. The van der Waals surface area contributed by atoms with E-state index in [-0.39, 0.29) is 0 Å². The van der Waals surface area contributed by atoms with Gasteiger partial charge in [-0.25, -0.2) is 0 Å². The Morgan fingerprint density at radius 2 is 2.31 bits per heavy atom. The van der Waals surface area contributed by atoms with Crippen molar-refractivity contribution >= 4 is 16.7 Å². The smallest absolute Gasteiger partial charge is 0.139 e. The van der Waals surface area contributed by atoms with E-state index in [1.807, 2.05) is 13.0 Å². The van der Waals surface area contributed by atoms with Crippen LogP contribution >= 0.6 is 0 Å². The van der Waals surface area contributed by atoms with Gasteiger partial charge in [0.2, 0.25) is 0 Å². The zero-order chi connectivity index (χ0) is 9.26. The topological polar surface area (TPSA) is 48.4 Å². The van der Waals surface area contributed by atoms with Crippen molar-refractivity contribution in [2.75, 3.05) is 12.3 Å². The molecule has 68 valence electrons. The van der Waals surface area contributed by atoms with Crippen LogP contribution in [0.3, 0.4) is 0 Å². The molecule has 2 N–H and O–H groups in total. The molecule has 0 atom stereocenters. The monoisotopic (exact) mass is 177 g/mol. The van der Waals surface area contributed by atoms with Gasteiger partial charge >= 0.3 is 0 Å². The van der Waals surface area contributed by atoms with Crippen molar-refractivity contribution < 1.29 is 9.15 Å². The summed E-state index contributed by atoms with van der Waals surface area (Å²) in [4.78, 5) is 0. The number of rotatable bonds is 2. The van der Waals surface area contributed by atoms with E-state index in [9.17, 15) is 0 Å². The maximum Gasteiger partial charge on any atom is 0.139 e. The molecule has 0 spiro atoms. The Bertz CT molecular complexity index is 420. The molecule has 2 aromatic rings. The Kier molecular flexibility index (Phi) is 1.85. The highest BCUT2D eigenvalue weighted by Crippen LogP contribution is 2.29. The number of hydrogen-bond donors (Lipinski definition) is 1. The van der Waals surface area contributed by atoms with Crippen LogP contribution in [0.5, 0.6) is 5.75 Å². The minimum atomic E-state index is 0.629. The first-order valence-corrected chi connectivity index (χ1v) is 4.21. The van der Waals surface area contributed by atoms with Crippen molar-refractivity contribution in [2.45, 2.75) is 6.92 Å². The van der Waals surface area contributed by atoms with Gasteiger partial charge in [0.1, 0.15) is 11.3 Å². The van der Waals surface area contributed by atoms with Crippen LogP contribution in [0, 0.1) is 0 Å². The van der Waals surface area contributed by atoms with Crippen molar-refractivity contribution in [1.82, 2.24) is 0 Å². The van der Waals surface area contributed by atoms with Gasteiger partial charge in [0.05, 0.1) is 18.3 Å². The number of nitrogens with two attached hydrogens (primary N) is 1. The van der Waals surface area contributed by atoms with Gasteiger partial charge in [0, 0.05) is 17.8 Å². The van der Waals surface area contributed by atoms with Crippen molar-refractivity contribution in [3.8, 4) is 5.75 Å². The summed E-state index contributed by atoms with van der Waals surface area (Å²) in [6, 6.07) is 5.47. The second-order valence-electron chi connectivity index (χ2n) is 2.78. The van der Waals surface area contributed by atoms with Gasteiger partial charge in [-0.15, -0.1) is 0 Å². The molecule has 0 aliphatic heterocycles. The lowest BCUT2D eigenvalue weighted by Gasteiger charge is -2.04. The molecule has 1 aromatic heterocycles. The van der Waals surface area contributed by atoms with Gasteiger partial charge in [0.25, 0.3) is 0 Å². The van der Waals surface area contributed by atoms with Crippen LogP contribution in [-0.4, -0.2) is 6.61 Å². The van der Waals surface area contributed by atoms with E-state index in [0.29, 0.717) is 12.3 Å². The SMILES string of the molecule is CCOc1cc(N)cc2occc12. The molecule has 0 aliphatic carbocycles. The number of benzene rings is 1. The molecule has 0 unspecified atom stereocenters.